The van der Waals surface area contributed by atoms with Crippen molar-refractivity contribution in [3.63, 3.8) is 0 Å². The van der Waals surface area contributed by atoms with E-state index in [2.05, 4.69) is 5.32 Å². The van der Waals surface area contributed by atoms with Crippen molar-refractivity contribution in [1.82, 2.24) is 10.2 Å². The van der Waals surface area contributed by atoms with Crippen LogP contribution in [0.2, 0.25) is 10.0 Å². The molecule has 3 rings (SSSR count). The second-order valence-electron chi connectivity index (χ2n) is 10.5. The maximum absolute atomic E-state index is 13.6. The first-order valence-corrected chi connectivity index (χ1v) is 16.1. The van der Waals surface area contributed by atoms with Crippen molar-refractivity contribution in [3.05, 3.63) is 63.1 Å². The SMILES string of the molecule is Cc1ccc(C)c(N(CCCC(=O)N(Cc2c(Cl)cccc2Cl)[C@H](C)C(=O)NC2CCCCC2)S(C)(=O)=O)c1. The van der Waals surface area contributed by atoms with Crippen LogP contribution in [0.3, 0.4) is 0 Å². The predicted molar refractivity (Wildman–Crippen MR) is 159 cm³/mol. The van der Waals surface area contributed by atoms with Gasteiger partial charge in [-0.15, -0.1) is 0 Å². The fraction of sp³-hybridized carbons (Fsp3) is 0.517. The topological polar surface area (TPSA) is 86.8 Å². The monoisotopic (exact) mass is 595 g/mol. The summed E-state index contributed by atoms with van der Waals surface area (Å²) in [6, 6.07) is 10.1. The average molecular weight is 597 g/mol. The Hall–Kier alpha value is -2.29. The molecule has 1 saturated carbocycles. The zero-order valence-corrected chi connectivity index (χ0v) is 25.5. The lowest BCUT2D eigenvalue weighted by atomic mass is 9.95. The number of amides is 2. The number of carbonyl (C=O) groups is 2. The van der Waals surface area contributed by atoms with E-state index >= 15 is 0 Å². The Morgan fingerprint density at radius 1 is 1.05 bits per heavy atom. The standard InChI is InChI=1S/C29H39Cl2N3O4S/c1-20-15-16-21(2)27(18-20)34(39(4,37)38)17-9-14-28(35)33(19-24-25(30)12-8-13-26(24)31)22(3)29(36)32-23-10-6-5-7-11-23/h8,12-13,15-16,18,22-23H,5-7,9-11,14,17,19H2,1-4H3,(H,32,36)/t22-/m1/s1. The van der Waals surface area contributed by atoms with Crippen molar-refractivity contribution in [2.75, 3.05) is 17.1 Å². The highest BCUT2D eigenvalue weighted by atomic mass is 35.5. The quantitative estimate of drug-likeness (QED) is 0.344. The molecular formula is C29H39Cl2N3O4S. The van der Waals surface area contributed by atoms with Crippen LogP contribution in [-0.2, 0) is 26.2 Å². The van der Waals surface area contributed by atoms with Crippen molar-refractivity contribution in [2.45, 2.75) is 84.3 Å². The highest BCUT2D eigenvalue weighted by molar-refractivity contribution is 7.92. The molecule has 0 heterocycles. The number of sulfonamides is 1. The molecule has 7 nitrogen and oxygen atoms in total. The molecule has 0 unspecified atom stereocenters. The van der Waals surface area contributed by atoms with Gasteiger partial charge in [0, 0.05) is 41.2 Å². The second kappa shape index (κ2) is 13.9. The molecule has 2 amide bonds. The van der Waals surface area contributed by atoms with E-state index in [-0.39, 0.29) is 43.8 Å². The number of nitrogens with zero attached hydrogens (tertiary/aromatic N) is 2. The smallest absolute Gasteiger partial charge is 0.242 e. The summed E-state index contributed by atoms with van der Waals surface area (Å²) >= 11 is 12.8. The molecule has 0 aliphatic heterocycles. The van der Waals surface area contributed by atoms with Gasteiger partial charge in [0.15, 0.2) is 0 Å². The molecule has 1 atom stereocenters. The molecule has 2 aromatic carbocycles. The Kier molecular flexibility index (Phi) is 11.1. The Morgan fingerprint density at radius 2 is 1.69 bits per heavy atom. The van der Waals surface area contributed by atoms with Crippen molar-refractivity contribution in [2.24, 2.45) is 0 Å². The molecule has 39 heavy (non-hydrogen) atoms. The molecule has 1 aliphatic rings. The summed E-state index contributed by atoms with van der Waals surface area (Å²) in [4.78, 5) is 28.3. The van der Waals surface area contributed by atoms with E-state index in [1.165, 1.54) is 21.9 Å². The Morgan fingerprint density at radius 3 is 2.31 bits per heavy atom. The van der Waals surface area contributed by atoms with Gasteiger partial charge in [0.1, 0.15) is 6.04 Å². The van der Waals surface area contributed by atoms with Gasteiger partial charge in [0.05, 0.1) is 11.9 Å². The predicted octanol–water partition coefficient (Wildman–Crippen LogP) is 6.02. The summed E-state index contributed by atoms with van der Waals surface area (Å²) in [5.74, 6) is -0.488. The van der Waals surface area contributed by atoms with Crippen LogP contribution in [0.5, 0.6) is 0 Å². The molecule has 0 aromatic heterocycles. The molecule has 214 valence electrons. The van der Waals surface area contributed by atoms with Gasteiger partial charge >= 0.3 is 0 Å². The van der Waals surface area contributed by atoms with Crippen molar-refractivity contribution in [3.8, 4) is 0 Å². The van der Waals surface area contributed by atoms with Crippen LogP contribution in [0.4, 0.5) is 5.69 Å². The molecule has 0 saturated heterocycles. The van der Waals surface area contributed by atoms with Crippen LogP contribution in [0.1, 0.15) is 68.6 Å². The first kappa shape index (κ1) is 31.2. The van der Waals surface area contributed by atoms with Gasteiger partial charge in [-0.25, -0.2) is 8.42 Å². The fourth-order valence-corrected chi connectivity index (χ4v) is 6.51. The second-order valence-corrected chi connectivity index (χ2v) is 13.2. The lowest BCUT2D eigenvalue weighted by molar-refractivity contribution is -0.141. The first-order chi connectivity index (χ1) is 18.4. The number of benzene rings is 2. The van der Waals surface area contributed by atoms with Crippen molar-refractivity contribution in [1.29, 1.82) is 0 Å². The first-order valence-electron chi connectivity index (χ1n) is 13.5. The summed E-state index contributed by atoms with van der Waals surface area (Å²) in [5, 5.41) is 3.94. The molecular weight excluding hydrogens is 557 g/mol. The minimum Gasteiger partial charge on any atom is -0.352 e. The minimum absolute atomic E-state index is 0.0556. The van der Waals surface area contributed by atoms with Gasteiger partial charge in [-0.3, -0.25) is 13.9 Å². The van der Waals surface area contributed by atoms with Crippen LogP contribution in [0.15, 0.2) is 36.4 Å². The van der Waals surface area contributed by atoms with Gasteiger partial charge in [-0.05, 0) is 69.4 Å². The van der Waals surface area contributed by atoms with E-state index in [1.54, 1.807) is 25.1 Å². The largest absolute Gasteiger partial charge is 0.352 e. The van der Waals surface area contributed by atoms with Gasteiger partial charge in [0.25, 0.3) is 0 Å². The zero-order valence-electron chi connectivity index (χ0n) is 23.2. The third kappa shape index (κ3) is 8.60. The highest BCUT2D eigenvalue weighted by Gasteiger charge is 2.29. The summed E-state index contributed by atoms with van der Waals surface area (Å²) in [7, 11) is -3.57. The Balaban J connectivity index is 1.78. The fourth-order valence-electron chi connectivity index (χ4n) is 4.98. The number of aryl methyl sites for hydroxylation is 2. The third-order valence-electron chi connectivity index (χ3n) is 7.29. The molecule has 0 radical (unpaired) electrons. The normalized spacial score (nSPS) is 15.0. The minimum atomic E-state index is -3.57. The molecule has 1 fully saturated rings. The molecule has 0 bridgehead atoms. The van der Waals surface area contributed by atoms with Gasteiger partial charge in [-0.2, -0.15) is 0 Å². The van der Waals surface area contributed by atoms with E-state index in [4.69, 9.17) is 23.2 Å². The Bertz CT molecular complexity index is 1260. The van der Waals surface area contributed by atoms with E-state index in [9.17, 15) is 18.0 Å². The molecule has 10 heteroatoms. The number of carbonyl (C=O) groups excluding carboxylic acids is 2. The summed E-state index contributed by atoms with van der Waals surface area (Å²) < 4.78 is 26.7. The third-order valence-corrected chi connectivity index (χ3v) is 9.18. The number of rotatable bonds is 11. The van der Waals surface area contributed by atoms with E-state index < -0.39 is 16.1 Å². The van der Waals surface area contributed by atoms with Gasteiger partial charge in [0.2, 0.25) is 21.8 Å². The zero-order chi connectivity index (χ0) is 28.7. The lowest BCUT2D eigenvalue weighted by Crippen LogP contribution is -2.50. The Labute approximate surface area is 242 Å². The number of hydrogen-bond acceptors (Lipinski definition) is 4. The molecule has 1 N–H and O–H groups in total. The number of nitrogens with one attached hydrogen (secondary N) is 1. The molecule has 0 spiro atoms. The van der Waals surface area contributed by atoms with E-state index in [0.717, 1.165) is 36.8 Å². The number of halogens is 2. The number of anilines is 1. The number of hydrogen-bond donors (Lipinski definition) is 1. The van der Waals surface area contributed by atoms with Crippen LogP contribution < -0.4 is 9.62 Å². The molecule has 2 aromatic rings. The maximum Gasteiger partial charge on any atom is 0.242 e. The van der Waals surface area contributed by atoms with Gasteiger partial charge in [-0.1, -0.05) is 60.7 Å². The van der Waals surface area contributed by atoms with Gasteiger partial charge < -0.3 is 10.2 Å². The van der Waals surface area contributed by atoms with Crippen LogP contribution in [0.25, 0.3) is 0 Å². The summed E-state index contributed by atoms with van der Waals surface area (Å²) in [6.45, 7) is 5.69. The maximum atomic E-state index is 13.6. The average Bonchev–Trinajstić information content (AvgIpc) is 2.87. The van der Waals surface area contributed by atoms with Crippen LogP contribution >= 0.6 is 23.2 Å². The van der Waals surface area contributed by atoms with E-state index in [1.807, 2.05) is 32.0 Å². The van der Waals surface area contributed by atoms with Crippen molar-refractivity contribution >= 4 is 50.7 Å². The highest BCUT2D eigenvalue weighted by Crippen LogP contribution is 2.28. The summed E-state index contributed by atoms with van der Waals surface area (Å²) in [6.07, 6.45) is 6.70. The van der Waals surface area contributed by atoms with Crippen LogP contribution in [-0.4, -0.2) is 50.0 Å². The lowest BCUT2D eigenvalue weighted by Gasteiger charge is -2.32. The summed E-state index contributed by atoms with van der Waals surface area (Å²) in [5.41, 5.74) is 2.95. The molecule has 1 aliphatic carbocycles. The van der Waals surface area contributed by atoms with Crippen LogP contribution in [0, 0.1) is 13.8 Å². The van der Waals surface area contributed by atoms with E-state index in [0.29, 0.717) is 21.3 Å². The van der Waals surface area contributed by atoms with Crippen molar-refractivity contribution < 1.29 is 18.0 Å².